The average molecular weight is 465 g/mol. The Bertz CT molecular complexity index is 1340. The minimum absolute atomic E-state index is 0.0416. The van der Waals surface area contributed by atoms with Crippen LogP contribution in [-0.4, -0.2) is 20.6 Å². The van der Waals surface area contributed by atoms with Crippen molar-refractivity contribution in [2.24, 2.45) is 0 Å². The normalized spacial score (nSPS) is 20.0. The van der Waals surface area contributed by atoms with Crippen LogP contribution < -0.4 is 10.6 Å². The van der Waals surface area contributed by atoms with Crippen molar-refractivity contribution in [2.75, 3.05) is 5.32 Å². The summed E-state index contributed by atoms with van der Waals surface area (Å²) < 4.78 is 2.19. The van der Waals surface area contributed by atoms with E-state index in [1.165, 1.54) is 5.56 Å². The van der Waals surface area contributed by atoms with E-state index in [-0.39, 0.29) is 29.3 Å². The van der Waals surface area contributed by atoms with Gasteiger partial charge in [0.25, 0.3) is 5.91 Å². The third kappa shape index (κ3) is 4.16. The van der Waals surface area contributed by atoms with Gasteiger partial charge in [0.1, 0.15) is 11.6 Å². The van der Waals surface area contributed by atoms with Gasteiger partial charge in [-0.3, -0.25) is 4.79 Å². The fraction of sp³-hybridized carbons (Fsp3) is 0.241. The molecule has 2 heterocycles. The summed E-state index contributed by atoms with van der Waals surface area (Å²) in [5, 5.41) is 16.7. The molecule has 1 aliphatic carbocycles. The average Bonchev–Trinajstić information content (AvgIpc) is 3.49. The first-order valence-electron chi connectivity index (χ1n) is 12.2. The summed E-state index contributed by atoms with van der Waals surface area (Å²) in [5.41, 5.74) is 3.65. The molecule has 35 heavy (non-hydrogen) atoms. The number of nitrogens with zero attached hydrogens (tertiary/aromatic N) is 2. The molecule has 1 fully saturated rings. The predicted octanol–water partition coefficient (Wildman–Crippen LogP) is 5.54. The lowest BCUT2D eigenvalue weighted by Crippen LogP contribution is -2.34. The van der Waals surface area contributed by atoms with Gasteiger partial charge in [-0.1, -0.05) is 42.5 Å². The number of phenolic OH excluding ortho intramolecular Hbond substituents is 1. The second-order valence-electron chi connectivity index (χ2n) is 9.56. The maximum absolute atomic E-state index is 12.9. The second kappa shape index (κ2) is 8.62. The number of benzene rings is 3. The number of hydrogen-bond acceptors (Lipinski definition) is 4. The number of hydrogen-bond donors (Lipinski definition) is 3. The van der Waals surface area contributed by atoms with Gasteiger partial charge in [-0.2, -0.15) is 0 Å². The van der Waals surface area contributed by atoms with Gasteiger partial charge in [0.15, 0.2) is 0 Å². The lowest BCUT2D eigenvalue weighted by atomic mass is 9.94. The molecule has 6 nitrogen and oxygen atoms in total. The number of nitrogens with one attached hydrogen (secondary N) is 2. The Kier molecular flexibility index (Phi) is 5.29. The van der Waals surface area contributed by atoms with Gasteiger partial charge in [0, 0.05) is 23.6 Å². The van der Waals surface area contributed by atoms with Crippen LogP contribution in [0.15, 0.2) is 91.3 Å². The Morgan fingerprint density at radius 3 is 2.51 bits per heavy atom. The summed E-state index contributed by atoms with van der Waals surface area (Å²) in [6, 6.07) is 25.6. The summed E-state index contributed by atoms with van der Waals surface area (Å²) in [5.74, 6) is 1.22. The lowest BCUT2D eigenvalue weighted by Gasteiger charge is -2.32. The molecule has 4 aromatic rings. The summed E-state index contributed by atoms with van der Waals surface area (Å²) >= 11 is 0. The first-order chi connectivity index (χ1) is 17.1. The maximum Gasteiger partial charge on any atom is 0.251 e. The van der Waals surface area contributed by atoms with Crippen molar-refractivity contribution in [2.45, 2.75) is 43.3 Å². The van der Waals surface area contributed by atoms with Crippen LogP contribution in [0.2, 0.25) is 0 Å². The molecular formula is C29H28N4O2. The van der Waals surface area contributed by atoms with Crippen LogP contribution in [0.25, 0.3) is 0 Å². The van der Waals surface area contributed by atoms with Gasteiger partial charge in [-0.05, 0) is 73.2 Å². The summed E-state index contributed by atoms with van der Waals surface area (Å²) in [6.45, 7) is 0. The Labute approximate surface area is 204 Å². The van der Waals surface area contributed by atoms with Crippen molar-refractivity contribution >= 4 is 11.6 Å². The zero-order chi connectivity index (χ0) is 23.8. The largest absolute Gasteiger partial charge is 0.508 e. The lowest BCUT2D eigenvalue weighted by molar-refractivity contribution is 0.0931. The highest BCUT2D eigenvalue weighted by Crippen LogP contribution is 2.45. The molecular weight excluding hydrogens is 436 g/mol. The topological polar surface area (TPSA) is 79.2 Å². The Balaban J connectivity index is 1.14. The molecule has 2 unspecified atom stereocenters. The van der Waals surface area contributed by atoms with Crippen LogP contribution in [0.5, 0.6) is 5.75 Å². The minimum atomic E-state index is -0.222. The van der Waals surface area contributed by atoms with E-state index in [0.717, 1.165) is 42.8 Å². The molecule has 0 bridgehead atoms. The molecule has 1 saturated carbocycles. The van der Waals surface area contributed by atoms with Crippen molar-refractivity contribution in [3.8, 4) is 5.75 Å². The van der Waals surface area contributed by atoms with Crippen molar-refractivity contribution < 1.29 is 9.90 Å². The number of imidazole rings is 1. The van der Waals surface area contributed by atoms with Crippen LogP contribution in [0.1, 0.15) is 65.1 Å². The van der Waals surface area contributed by atoms with Crippen molar-refractivity contribution in [1.82, 2.24) is 14.9 Å². The number of aromatic hydroxyl groups is 1. The zero-order valence-electron chi connectivity index (χ0n) is 19.4. The third-order valence-corrected chi connectivity index (χ3v) is 7.25. The van der Waals surface area contributed by atoms with Crippen LogP contribution in [0.3, 0.4) is 0 Å². The highest BCUT2D eigenvalue weighted by Gasteiger charge is 2.45. The van der Waals surface area contributed by atoms with Crippen LogP contribution >= 0.6 is 0 Å². The van der Waals surface area contributed by atoms with Gasteiger partial charge in [-0.15, -0.1) is 0 Å². The number of amides is 1. The standard InChI is InChI=1S/C29H28N4O2/c34-24-8-4-5-21(19-24)26-14-13-25(27-30-17-18-33(26)27)31-23-11-9-20(10-12-23)28(35)32-29(15-16-29)22-6-2-1-3-7-22/h1-12,17-19,25-26,31,34H,13-16H2,(H,32,35). The molecule has 3 aromatic carbocycles. The van der Waals surface area contributed by atoms with E-state index in [9.17, 15) is 9.90 Å². The number of aromatic nitrogens is 2. The predicted molar refractivity (Wildman–Crippen MR) is 135 cm³/mol. The van der Waals surface area contributed by atoms with Gasteiger partial charge < -0.3 is 20.3 Å². The Hall–Kier alpha value is -4.06. The SMILES string of the molecule is O=C(NC1(c2ccccc2)CC1)c1ccc(NC2CCC(c3cccc(O)c3)n3ccnc32)cc1. The summed E-state index contributed by atoms with van der Waals surface area (Å²) in [6.07, 6.45) is 7.64. The van der Waals surface area contributed by atoms with Gasteiger partial charge in [-0.25, -0.2) is 4.98 Å². The van der Waals surface area contributed by atoms with Crippen LogP contribution in [-0.2, 0) is 5.54 Å². The van der Waals surface area contributed by atoms with E-state index in [4.69, 9.17) is 0 Å². The highest BCUT2D eigenvalue weighted by atomic mass is 16.3. The first kappa shape index (κ1) is 21.5. The third-order valence-electron chi connectivity index (χ3n) is 7.25. The zero-order valence-corrected chi connectivity index (χ0v) is 19.4. The number of carbonyl (C=O) groups is 1. The Morgan fingerprint density at radius 1 is 0.971 bits per heavy atom. The van der Waals surface area contributed by atoms with Gasteiger partial charge in [0.05, 0.1) is 17.6 Å². The molecule has 2 atom stereocenters. The maximum atomic E-state index is 12.9. The molecule has 0 saturated heterocycles. The number of phenols is 1. The van der Waals surface area contributed by atoms with Crippen molar-refractivity contribution in [3.63, 3.8) is 0 Å². The summed E-state index contributed by atoms with van der Waals surface area (Å²) in [4.78, 5) is 17.6. The van der Waals surface area contributed by atoms with Gasteiger partial charge in [0.2, 0.25) is 0 Å². The van der Waals surface area contributed by atoms with E-state index < -0.39 is 0 Å². The van der Waals surface area contributed by atoms with E-state index in [2.05, 4.69) is 38.4 Å². The van der Waals surface area contributed by atoms with E-state index in [1.54, 1.807) is 6.07 Å². The quantitative estimate of drug-likeness (QED) is 0.350. The molecule has 1 amide bonds. The van der Waals surface area contributed by atoms with E-state index in [1.807, 2.05) is 67.0 Å². The molecule has 176 valence electrons. The second-order valence-corrected chi connectivity index (χ2v) is 9.56. The van der Waals surface area contributed by atoms with Crippen LogP contribution in [0.4, 0.5) is 5.69 Å². The van der Waals surface area contributed by atoms with Crippen molar-refractivity contribution in [1.29, 1.82) is 0 Å². The fourth-order valence-electron chi connectivity index (χ4n) is 5.22. The van der Waals surface area contributed by atoms with E-state index in [0.29, 0.717) is 5.56 Å². The molecule has 0 spiro atoms. The molecule has 3 N–H and O–H groups in total. The summed E-state index contributed by atoms with van der Waals surface area (Å²) in [7, 11) is 0. The Morgan fingerprint density at radius 2 is 1.77 bits per heavy atom. The molecule has 2 aliphatic rings. The number of carbonyl (C=O) groups excluding carboxylic acids is 1. The molecule has 1 aromatic heterocycles. The fourth-order valence-corrected chi connectivity index (χ4v) is 5.22. The molecule has 6 rings (SSSR count). The number of rotatable bonds is 6. The number of fused-ring (bicyclic) bond motifs is 1. The first-order valence-corrected chi connectivity index (χ1v) is 12.2. The molecule has 0 radical (unpaired) electrons. The highest BCUT2D eigenvalue weighted by molar-refractivity contribution is 5.95. The smallest absolute Gasteiger partial charge is 0.251 e. The number of anilines is 1. The van der Waals surface area contributed by atoms with E-state index >= 15 is 0 Å². The molecule has 6 heteroatoms. The van der Waals surface area contributed by atoms with Crippen molar-refractivity contribution in [3.05, 3.63) is 114 Å². The monoisotopic (exact) mass is 464 g/mol. The van der Waals surface area contributed by atoms with Crippen LogP contribution in [0, 0.1) is 0 Å². The van der Waals surface area contributed by atoms with Gasteiger partial charge >= 0.3 is 0 Å². The minimum Gasteiger partial charge on any atom is -0.508 e. The molecule has 1 aliphatic heterocycles.